The predicted octanol–water partition coefficient (Wildman–Crippen LogP) is 2.55. The van der Waals surface area contributed by atoms with E-state index in [1.807, 2.05) is 18.2 Å². The molecular weight excluding hydrogens is 286 g/mol. The Bertz CT molecular complexity index is 504. The first-order chi connectivity index (χ1) is 10.0. The number of nitrogens with zero attached hydrogens (tertiary/aromatic N) is 1. The van der Waals surface area contributed by atoms with Crippen LogP contribution in [0.1, 0.15) is 32.3 Å². The first-order valence-corrected chi connectivity index (χ1v) is 7.90. The standard InChI is InChI=1S/C16H24ClN3O/c1-11(2)19-10-12-6-7-13(17)9-15(12)20-8-4-5-14(20)16(21)18-3/h6-7,9,11,14,19H,4-5,8,10H2,1-3H3,(H,18,21). The van der Waals surface area contributed by atoms with Crippen LogP contribution in [0.25, 0.3) is 0 Å². The Morgan fingerprint density at radius 2 is 2.24 bits per heavy atom. The number of anilines is 1. The van der Waals surface area contributed by atoms with Crippen molar-refractivity contribution in [3.8, 4) is 0 Å². The van der Waals surface area contributed by atoms with Crippen LogP contribution in [0.4, 0.5) is 5.69 Å². The van der Waals surface area contributed by atoms with Gasteiger partial charge in [-0.15, -0.1) is 0 Å². The molecule has 1 aliphatic rings. The van der Waals surface area contributed by atoms with Gasteiger partial charge in [-0.2, -0.15) is 0 Å². The van der Waals surface area contributed by atoms with E-state index < -0.39 is 0 Å². The smallest absolute Gasteiger partial charge is 0.242 e. The minimum absolute atomic E-state index is 0.0789. The fourth-order valence-corrected chi connectivity index (χ4v) is 2.93. The molecule has 2 N–H and O–H groups in total. The second-order valence-corrected chi connectivity index (χ2v) is 6.21. The monoisotopic (exact) mass is 309 g/mol. The van der Waals surface area contributed by atoms with Crippen molar-refractivity contribution in [3.63, 3.8) is 0 Å². The quantitative estimate of drug-likeness (QED) is 0.878. The highest BCUT2D eigenvalue weighted by Crippen LogP contribution is 2.31. The minimum Gasteiger partial charge on any atom is -0.359 e. The Morgan fingerprint density at radius 3 is 2.90 bits per heavy atom. The molecule has 4 nitrogen and oxygen atoms in total. The van der Waals surface area contributed by atoms with Gasteiger partial charge in [0.15, 0.2) is 0 Å². The van der Waals surface area contributed by atoms with Crippen LogP contribution in [0.15, 0.2) is 18.2 Å². The summed E-state index contributed by atoms with van der Waals surface area (Å²) in [5.41, 5.74) is 2.26. The predicted molar refractivity (Wildman–Crippen MR) is 87.9 cm³/mol. The molecule has 5 heteroatoms. The Hall–Kier alpha value is -1.26. The van der Waals surface area contributed by atoms with Crippen LogP contribution >= 0.6 is 11.6 Å². The zero-order valence-corrected chi connectivity index (χ0v) is 13.7. The highest BCUT2D eigenvalue weighted by atomic mass is 35.5. The van der Waals surface area contributed by atoms with Gasteiger partial charge < -0.3 is 15.5 Å². The van der Waals surface area contributed by atoms with Gasteiger partial charge in [-0.3, -0.25) is 4.79 Å². The summed E-state index contributed by atoms with van der Waals surface area (Å²) in [6.07, 6.45) is 1.92. The summed E-state index contributed by atoms with van der Waals surface area (Å²) >= 11 is 6.17. The Labute approximate surface area is 131 Å². The number of hydrogen-bond donors (Lipinski definition) is 2. The van der Waals surface area contributed by atoms with Gasteiger partial charge in [0, 0.05) is 36.9 Å². The summed E-state index contributed by atoms with van der Waals surface area (Å²) in [5.74, 6) is 0.0789. The molecule has 0 aliphatic carbocycles. The number of carbonyl (C=O) groups is 1. The van der Waals surface area contributed by atoms with Gasteiger partial charge in [0.25, 0.3) is 0 Å². The summed E-state index contributed by atoms with van der Waals surface area (Å²) in [4.78, 5) is 14.2. The number of hydrogen-bond acceptors (Lipinski definition) is 3. The molecule has 1 atom stereocenters. The highest BCUT2D eigenvalue weighted by Gasteiger charge is 2.31. The number of amides is 1. The summed E-state index contributed by atoms with van der Waals surface area (Å²) in [6.45, 7) is 5.92. The van der Waals surface area contributed by atoms with E-state index in [-0.39, 0.29) is 11.9 Å². The molecule has 1 aliphatic heterocycles. The van der Waals surface area contributed by atoms with E-state index in [2.05, 4.69) is 29.4 Å². The van der Waals surface area contributed by atoms with Crippen molar-refractivity contribution < 1.29 is 4.79 Å². The van der Waals surface area contributed by atoms with E-state index in [0.29, 0.717) is 11.1 Å². The molecule has 21 heavy (non-hydrogen) atoms. The molecular formula is C16H24ClN3O. The first-order valence-electron chi connectivity index (χ1n) is 7.53. The van der Waals surface area contributed by atoms with Gasteiger partial charge in [0.1, 0.15) is 6.04 Å². The molecule has 116 valence electrons. The molecule has 0 aromatic heterocycles. The second kappa shape index (κ2) is 7.14. The maximum atomic E-state index is 12.1. The molecule has 1 saturated heterocycles. The lowest BCUT2D eigenvalue weighted by molar-refractivity contribution is -0.121. The first kappa shape index (κ1) is 16.1. The van der Waals surface area contributed by atoms with Gasteiger partial charge >= 0.3 is 0 Å². The van der Waals surface area contributed by atoms with Crippen LogP contribution in [0.2, 0.25) is 5.02 Å². The molecule has 0 saturated carbocycles. The van der Waals surface area contributed by atoms with Crippen molar-refractivity contribution in [3.05, 3.63) is 28.8 Å². The molecule has 1 unspecified atom stereocenters. The van der Waals surface area contributed by atoms with Crippen molar-refractivity contribution >= 4 is 23.2 Å². The van der Waals surface area contributed by atoms with Gasteiger partial charge in [0.05, 0.1) is 0 Å². The molecule has 0 radical (unpaired) electrons. The normalized spacial score (nSPS) is 18.3. The van der Waals surface area contributed by atoms with Crippen molar-refractivity contribution in [1.29, 1.82) is 0 Å². The lowest BCUT2D eigenvalue weighted by atomic mass is 10.1. The molecule has 0 spiro atoms. The van der Waals surface area contributed by atoms with Crippen LogP contribution < -0.4 is 15.5 Å². The minimum atomic E-state index is -0.0914. The number of benzene rings is 1. The number of likely N-dealkylation sites (N-methyl/N-ethyl adjacent to an activating group) is 1. The number of nitrogens with one attached hydrogen (secondary N) is 2. The third-order valence-corrected chi connectivity index (χ3v) is 4.09. The fourth-order valence-electron chi connectivity index (χ4n) is 2.76. The fraction of sp³-hybridized carbons (Fsp3) is 0.562. The van der Waals surface area contributed by atoms with Gasteiger partial charge in [0.2, 0.25) is 5.91 Å². The van der Waals surface area contributed by atoms with Crippen molar-refractivity contribution in [2.45, 2.75) is 45.3 Å². The van der Waals surface area contributed by atoms with Crippen molar-refractivity contribution in [2.24, 2.45) is 0 Å². The average Bonchev–Trinajstić information content (AvgIpc) is 2.94. The van der Waals surface area contributed by atoms with Crippen LogP contribution in [-0.4, -0.2) is 31.6 Å². The van der Waals surface area contributed by atoms with Gasteiger partial charge in [-0.1, -0.05) is 31.5 Å². The molecule has 1 aromatic rings. The van der Waals surface area contributed by atoms with Crippen LogP contribution in [0.5, 0.6) is 0 Å². The Balaban J connectivity index is 2.28. The molecule has 1 fully saturated rings. The molecule has 1 amide bonds. The molecule has 2 rings (SSSR count). The summed E-state index contributed by atoms with van der Waals surface area (Å²) in [6, 6.07) is 6.26. The van der Waals surface area contributed by atoms with Crippen molar-refractivity contribution in [2.75, 3.05) is 18.5 Å². The number of rotatable bonds is 5. The Kier molecular flexibility index (Phi) is 5.48. The van der Waals surface area contributed by atoms with Crippen LogP contribution in [-0.2, 0) is 11.3 Å². The van der Waals surface area contributed by atoms with E-state index >= 15 is 0 Å². The second-order valence-electron chi connectivity index (χ2n) is 5.77. The zero-order valence-electron chi connectivity index (χ0n) is 12.9. The lowest BCUT2D eigenvalue weighted by Gasteiger charge is -2.28. The zero-order chi connectivity index (χ0) is 15.4. The topological polar surface area (TPSA) is 44.4 Å². The molecule has 0 bridgehead atoms. The highest BCUT2D eigenvalue weighted by molar-refractivity contribution is 6.30. The molecule has 1 aromatic carbocycles. The van der Waals surface area contributed by atoms with E-state index in [1.165, 1.54) is 5.56 Å². The largest absolute Gasteiger partial charge is 0.359 e. The van der Waals surface area contributed by atoms with Crippen molar-refractivity contribution in [1.82, 2.24) is 10.6 Å². The molecule has 1 heterocycles. The van der Waals surface area contributed by atoms with Gasteiger partial charge in [-0.05, 0) is 30.5 Å². The van der Waals surface area contributed by atoms with Crippen LogP contribution in [0, 0.1) is 0 Å². The van der Waals surface area contributed by atoms with Gasteiger partial charge in [-0.25, -0.2) is 0 Å². The third kappa shape index (κ3) is 3.89. The lowest BCUT2D eigenvalue weighted by Crippen LogP contribution is -2.42. The average molecular weight is 310 g/mol. The van der Waals surface area contributed by atoms with E-state index in [4.69, 9.17) is 11.6 Å². The summed E-state index contributed by atoms with van der Waals surface area (Å²) < 4.78 is 0. The number of carbonyl (C=O) groups excluding carboxylic acids is 1. The van der Waals surface area contributed by atoms with E-state index in [9.17, 15) is 4.79 Å². The Morgan fingerprint density at radius 1 is 1.48 bits per heavy atom. The third-order valence-electron chi connectivity index (χ3n) is 3.86. The summed E-state index contributed by atoms with van der Waals surface area (Å²) in [5, 5.41) is 6.90. The van der Waals surface area contributed by atoms with E-state index in [1.54, 1.807) is 7.05 Å². The maximum Gasteiger partial charge on any atom is 0.242 e. The van der Waals surface area contributed by atoms with Crippen LogP contribution in [0.3, 0.4) is 0 Å². The maximum absolute atomic E-state index is 12.1. The van der Waals surface area contributed by atoms with E-state index in [0.717, 1.165) is 31.6 Å². The summed E-state index contributed by atoms with van der Waals surface area (Å²) in [7, 11) is 1.69. The number of halogens is 1. The SMILES string of the molecule is CNC(=O)C1CCCN1c1cc(Cl)ccc1CNC(C)C.